The van der Waals surface area contributed by atoms with Crippen LogP contribution in [0.1, 0.15) is 39.9 Å². The Hall–Kier alpha value is -3.48. The summed E-state index contributed by atoms with van der Waals surface area (Å²) in [5, 5.41) is 0. The Bertz CT molecular complexity index is 1040. The van der Waals surface area contributed by atoms with Crippen LogP contribution in [0.4, 0.5) is 0 Å². The van der Waals surface area contributed by atoms with Gasteiger partial charge >= 0.3 is 0 Å². The number of benzene rings is 1. The van der Waals surface area contributed by atoms with Crippen molar-refractivity contribution in [2.45, 2.75) is 32.3 Å². The van der Waals surface area contributed by atoms with E-state index in [9.17, 15) is 9.59 Å². The highest BCUT2D eigenvalue weighted by Crippen LogP contribution is 2.23. The van der Waals surface area contributed by atoms with E-state index in [2.05, 4.69) is 9.98 Å². The molecule has 7 heteroatoms. The number of primary amides is 1. The number of carbonyl (C=O) groups is 2. The molecule has 160 valence electrons. The zero-order valence-electron chi connectivity index (χ0n) is 17.6. The van der Waals surface area contributed by atoms with E-state index in [1.165, 1.54) is 5.56 Å². The van der Waals surface area contributed by atoms with Crippen LogP contribution in [0.2, 0.25) is 0 Å². The molecule has 0 spiro atoms. The van der Waals surface area contributed by atoms with Gasteiger partial charge < -0.3 is 15.4 Å². The Balaban J connectivity index is 1.36. The maximum atomic E-state index is 12.6. The highest BCUT2D eigenvalue weighted by molar-refractivity contribution is 6.11. The molecule has 2 N–H and O–H groups in total. The largest absolute Gasteiger partial charge is 0.474 e. The number of ether oxygens (including phenoxy) is 1. The summed E-state index contributed by atoms with van der Waals surface area (Å²) < 4.78 is 6.02. The van der Waals surface area contributed by atoms with Gasteiger partial charge in [-0.05, 0) is 24.6 Å². The van der Waals surface area contributed by atoms with Gasteiger partial charge in [-0.25, -0.2) is 4.98 Å². The van der Waals surface area contributed by atoms with Gasteiger partial charge in [-0.3, -0.25) is 14.6 Å². The van der Waals surface area contributed by atoms with Gasteiger partial charge in [-0.15, -0.1) is 0 Å². The molecule has 0 unspecified atom stereocenters. The second-order valence-corrected chi connectivity index (χ2v) is 7.93. The van der Waals surface area contributed by atoms with Crippen LogP contribution in [-0.4, -0.2) is 53.1 Å². The number of allylic oxidation sites excluding steroid dienone is 1. The van der Waals surface area contributed by atoms with Crippen molar-refractivity contribution in [3.05, 3.63) is 70.9 Å². The zero-order chi connectivity index (χ0) is 21.8. The van der Waals surface area contributed by atoms with Crippen molar-refractivity contribution in [1.82, 2.24) is 9.88 Å². The monoisotopic (exact) mass is 418 g/mol. The van der Waals surface area contributed by atoms with E-state index in [0.29, 0.717) is 38.9 Å². The number of aliphatic imine (C=N–C) groups is 1. The summed E-state index contributed by atoms with van der Waals surface area (Å²) in [4.78, 5) is 35.1. The maximum absolute atomic E-state index is 12.6. The molecule has 0 radical (unpaired) electrons. The minimum atomic E-state index is -0.586. The number of aryl methyl sites for hydroxylation is 1. The van der Waals surface area contributed by atoms with Crippen molar-refractivity contribution in [2.24, 2.45) is 10.7 Å². The molecular weight excluding hydrogens is 392 g/mol. The zero-order valence-corrected chi connectivity index (χ0v) is 17.6. The predicted molar refractivity (Wildman–Crippen MR) is 118 cm³/mol. The quantitative estimate of drug-likeness (QED) is 0.779. The number of hydrogen-bond donors (Lipinski definition) is 1. The Kier molecular flexibility index (Phi) is 6.11. The number of carbonyl (C=O) groups excluding carboxylic acids is 2. The number of piperidine rings is 1. The van der Waals surface area contributed by atoms with Crippen LogP contribution in [0.5, 0.6) is 5.88 Å². The van der Waals surface area contributed by atoms with E-state index >= 15 is 0 Å². The molecule has 4 rings (SSSR count). The van der Waals surface area contributed by atoms with Crippen LogP contribution in [-0.2, 0) is 11.2 Å². The van der Waals surface area contributed by atoms with Gasteiger partial charge in [0.2, 0.25) is 11.8 Å². The average molecular weight is 418 g/mol. The number of amides is 2. The Labute approximate surface area is 181 Å². The van der Waals surface area contributed by atoms with Crippen molar-refractivity contribution >= 4 is 17.5 Å². The normalized spacial score (nSPS) is 16.3. The van der Waals surface area contributed by atoms with Gasteiger partial charge in [-0.2, -0.15) is 0 Å². The molecule has 0 aliphatic carbocycles. The van der Waals surface area contributed by atoms with Crippen LogP contribution in [0, 0.1) is 6.92 Å². The van der Waals surface area contributed by atoms with Crippen molar-refractivity contribution in [3.8, 4) is 5.88 Å². The van der Waals surface area contributed by atoms with E-state index in [-0.39, 0.29) is 23.5 Å². The summed E-state index contributed by atoms with van der Waals surface area (Å²) in [6, 6.07) is 9.71. The molecule has 3 heterocycles. The summed E-state index contributed by atoms with van der Waals surface area (Å²) in [6.45, 7) is 3.88. The molecule has 31 heavy (non-hydrogen) atoms. The lowest BCUT2D eigenvalue weighted by atomic mass is 10.0. The fourth-order valence-electron chi connectivity index (χ4n) is 3.79. The van der Waals surface area contributed by atoms with E-state index in [4.69, 9.17) is 10.5 Å². The van der Waals surface area contributed by atoms with Gasteiger partial charge in [0.05, 0.1) is 18.7 Å². The summed E-state index contributed by atoms with van der Waals surface area (Å²) in [6.07, 6.45) is 7.12. The lowest BCUT2D eigenvalue weighted by Crippen LogP contribution is -2.42. The first-order valence-corrected chi connectivity index (χ1v) is 10.5. The van der Waals surface area contributed by atoms with Crippen LogP contribution in [0.25, 0.3) is 0 Å². The molecular formula is C24H26N4O3. The summed E-state index contributed by atoms with van der Waals surface area (Å²) in [7, 11) is 0. The van der Waals surface area contributed by atoms with Crippen molar-refractivity contribution in [2.75, 3.05) is 19.6 Å². The molecule has 2 amide bonds. The summed E-state index contributed by atoms with van der Waals surface area (Å²) >= 11 is 0. The minimum absolute atomic E-state index is 0.119. The van der Waals surface area contributed by atoms with Crippen LogP contribution in [0.15, 0.2) is 53.7 Å². The molecule has 1 saturated heterocycles. The number of rotatable bonds is 6. The smallest absolute Gasteiger partial charge is 0.254 e. The molecule has 2 aliphatic rings. The predicted octanol–water partition coefficient (Wildman–Crippen LogP) is 2.46. The van der Waals surface area contributed by atoms with E-state index in [1.807, 2.05) is 48.2 Å². The number of nitrogens with two attached hydrogens (primary N) is 1. The Morgan fingerprint density at radius 3 is 2.58 bits per heavy atom. The van der Waals surface area contributed by atoms with Crippen LogP contribution >= 0.6 is 0 Å². The Morgan fingerprint density at radius 1 is 1.19 bits per heavy atom. The number of aromatic nitrogens is 1. The standard InChI is InChI=1S/C24H26N4O3/c1-16-4-6-17(7-5-16)13-22(29)28-11-8-19(9-12-28)31-24-20(23(25)30)14-18(15-27-24)21-3-2-10-26-21/h2-7,14-15,19H,8-13H2,1H3,(H2,25,30). The second-order valence-electron chi connectivity index (χ2n) is 7.93. The lowest BCUT2D eigenvalue weighted by molar-refractivity contribution is -0.132. The number of hydrogen-bond acceptors (Lipinski definition) is 5. The topological polar surface area (TPSA) is 97.9 Å². The van der Waals surface area contributed by atoms with Gasteiger partial charge in [0, 0.05) is 37.7 Å². The molecule has 2 aliphatic heterocycles. The molecule has 1 aromatic carbocycles. The van der Waals surface area contributed by atoms with E-state index < -0.39 is 5.91 Å². The number of pyridine rings is 1. The van der Waals surface area contributed by atoms with Gasteiger partial charge in [0.25, 0.3) is 5.91 Å². The third kappa shape index (κ3) is 4.99. The summed E-state index contributed by atoms with van der Waals surface area (Å²) in [5.74, 6) is -0.228. The van der Waals surface area contributed by atoms with E-state index in [1.54, 1.807) is 12.3 Å². The highest BCUT2D eigenvalue weighted by atomic mass is 16.5. The fourth-order valence-corrected chi connectivity index (χ4v) is 3.79. The summed E-state index contributed by atoms with van der Waals surface area (Å²) in [5.41, 5.74) is 9.53. The maximum Gasteiger partial charge on any atom is 0.254 e. The van der Waals surface area contributed by atoms with Crippen molar-refractivity contribution in [3.63, 3.8) is 0 Å². The second kappa shape index (κ2) is 9.12. The fraction of sp³-hybridized carbons (Fsp3) is 0.333. The molecule has 0 saturated carbocycles. The van der Waals surface area contributed by atoms with Crippen LogP contribution < -0.4 is 10.5 Å². The van der Waals surface area contributed by atoms with Crippen molar-refractivity contribution < 1.29 is 14.3 Å². The first-order valence-electron chi connectivity index (χ1n) is 10.5. The molecule has 7 nitrogen and oxygen atoms in total. The average Bonchev–Trinajstić information content (AvgIpc) is 3.31. The van der Waals surface area contributed by atoms with Gasteiger partial charge in [-0.1, -0.05) is 35.9 Å². The highest BCUT2D eigenvalue weighted by Gasteiger charge is 2.26. The van der Waals surface area contributed by atoms with Crippen LogP contribution in [0.3, 0.4) is 0 Å². The van der Waals surface area contributed by atoms with Gasteiger partial charge in [0.15, 0.2) is 0 Å². The first-order chi connectivity index (χ1) is 15.0. The number of nitrogens with zero attached hydrogens (tertiary/aromatic N) is 3. The van der Waals surface area contributed by atoms with E-state index in [0.717, 1.165) is 16.8 Å². The van der Waals surface area contributed by atoms with Gasteiger partial charge in [0.1, 0.15) is 11.7 Å². The molecule has 2 aromatic rings. The molecule has 0 bridgehead atoms. The molecule has 1 fully saturated rings. The molecule has 1 aromatic heterocycles. The Morgan fingerprint density at radius 2 is 1.94 bits per heavy atom. The molecule has 0 atom stereocenters. The third-order valence-corrected chi connectivity index (χ3v) is 5.60. The lowest BCUT2D eigenvalue weighted by Gasteiger charge is -2.32. The SMILES string of the molecule is Cc1ccc(CC(=O)N2CCC(Oc3ncc(C4=NCC=C4)cc3C(N)=O)CC2)cc1. The third-order valence-electron chi connectivity index (χ3n) is 5.60. The minimum Gasteiger partial charge on any atom is -0.474 e. The first kappa shape index (κ1) is 20.8. The van der Waals surface area contributed by atoms with Crippen molar-refractivity contribution in [1.29, 1.82) is 0 Å². The number of likely N-dealkylation sites (tertiary alicyclic amines) is 1.